The van der Waals surface area contributed by atoms with Crippen molar-refractivity contribution in [2.75, 3.05) is 13.2 Å². The smallest absolute Gasteiger partial charge is 0.396 e. The molecule has 30 heavy (non-hydrogen) atoms. The van der Waals surface area contributed by atoms with E-state index in [9.17, 15) is 34.8 Å². The second kappa shape index (κ2) is 9.36. The normalized spacial score (nSPS) is 12.9. The first-order valence-corrected chi connectivity index (χ1v) is 10.3. The number of halogens is 6. The van der Waals surface area contributed by atoms with E-state index in [4.69, 9.17) is 5.11 Å². The van der Waals surface area contributed by atoms with Gasteiger partial charge in [-0.05, 0) is 54.7 Å². The first kappa shape index (κ1) is 24.2. The lowest BCUT2D eigenvalue weighted by molar-refractivity contribution is -0.142. The van der Waals surface area contributed by atoms with E-state index in [-0.39, 0.29) is 29.7 Å². The third kappa shape index (κ3) is 6.19. The van der Waals surface area contributed by atoms with Gasteiger partial charge in [0.2, 0.25) is 10.0 Å². The summed E-state index contributed by atoms with van der Waals surface area (Å²) in [6.07, 6.45) is -8.31. The average molecular weight is 455 g/mol. The fourth-order valence-electron chi connectivity index (χ4n) is 2.72. The van der Waals surface area contributed by atoms with Gasteiger partial charge in [0.1, 0.15) is 0 Å². The number of benzene rings is 2. The fourth-order valence-corrected chi connectivity index (χ4v) is 3.80. The van der Waals surface area contributed by atoms with Gasteiger partial charge in [-0.2, -0.15) is 26.3 Å². The first-order chi connectivity index (χ1) is 13.9. The molecule has 0 spiro atoms. The number of rotatable bonds is 8. The molecule has 0 saturated heterocycles. The van der Waals surface area contributed by atoms with Crippen molar-refractivity contribution < 1.29 is 39.9 Å². The van der Waals surface area contributed by atoms with E-state index >= 15 is 0 Å². The number of hydrogen-bond acceptors (Lipinski definition) is 3. The van der Waals surface area contributed by atoms with Crippen LogP contribution < -0.4 is 4.72 Å². The van der Waals surface area contributed by atoms with Crippen molar-refractivity contribution in [2.24, 2.45) is 0 Å². The summed E-state index contributed by atoms with van der Waals surface area (Å²) in [5, 5.41) is 8.68. The summed E-state index contributed by atoms with van der Waals surface area (Å²) >= 11 is 0. The minimum atomic E-state index is -5.03. The predicted octanol–water partition coefficient (Wildman–Crippen LogP) is 4.83. The first-order valence-electron chi connectivity index (χ1n) is 8.85. The van der Waals surface area contributed by atoms with Crippen LogP contribution in [-0.2, 0) is 22.4 Å². The van der Waals surface area contributed by atoms with Crippen LogP contribution in [-0.4, -0.2) is 26.7 Å². The van der Waals surface area contributed by atoms with Crippen LogP contribution in [0.3, 0.4) is 0 Å². The van der Waals surface area contributed by atoms with E-state index in [1.54, 1.807) is 0 Å². The summed E-state index contributed by atoms with van der Waals surface area (Å²) in [6.45, 7) is 0.124. The summed E-state index contributed by atoms with van der Waals surface area (Å²) in [7, 11) is -3.89. The quantitative estimate of drug-likeness (QED) is 0.443. The number of alkyl halides is 6. The molecule has 0 atom stereocenters. The van der Waals surface area contributed by atoms with E-state index in [1.165, 1.54) is 0 Å². The van der Waals surface area contributed by atoms with E-state index < -0.39 is 39.1 Å². The van der Waals surface area contributed by atoms with Gasteiger partial charge in [-0.15, -0.1) is 0 Å². The number of aliphatic hydroxyl groups excluding tert-OH is 1. The molecule has 0 heterocycles. The van der Waals surface area contributed by atoms with Gasteiger partial charge >= 0.3 is 12.4 Å². The highest BCUT2D eigenvalue weighted by Crippen LogP contribution is 2.41. The predicted molar refractivity (Wildman–Crippen MR) is 98.0 cm³/mol. The van der Waals surface area contributed by atoms with Gasteiger partial charge in [0.25, 0.3) is 0 Å². The molecule has 11 heteroatoms. The molecule has 0 bridgehead atoms. The maximum Gasteiger partial charge on any atom is 0.417 e. The minimum absolute atomic E-state index is 0.00191. The van der Waals surface area contributed by atoms with Crippen molar-refractivity contribution in [3.8, 4) is 11.1 Å². The van der Waals surface area contributed by atoms with Crippen molar-refractivity contribution >= 4 is 10.0 Å². The third-order valence-electron chi connectivity index (χ3n) is 4.25. The van der Waals surface area contributed by atoms with Crippen LogP contribution in [0, 0.1) is 0 Å². The van der Waals surface area contributed by atoms with Gasteiger partial charge in [-0.25, -0.2) is 13.1 Å². The van der Waals surface area contributed by atoms with Gasteiger partial charge in [0.15, 0.2) is 0 Å². The minimum Gasteiger partial charge on any atom is -0.396 e. The Labute approximate surface area is 169 Å². The molecule has 2 aromatic rings. The SMILES string of the molecule is O=S(=O)(NCCCCCO)c1ccc(-c2ccc(C(F)(F)F)cc2C(F)(F)F)cc1. The molecule has 2 aromatic carbocycles. The largest absolute Gasteiger partial charge is 0.417 e. The van der Waals surface area contributed by atoms with Crippen molar-refractivity contribution in [1.29, 1.82) is 0 Å². The summed E-state index contributed by atoms with van der Waals surface area (Å²) in [5.74, 6) is 0. The van der Waals surface area contributed by atoms with Crippen LogP contribution in [0.1, 0.15) is 30.4 Å². The molecule has 2 N–H and O–H groups in total. The number of sulfonamides is 1. The van der Waals surface area contributed by atoms with Gasteiger partial charge in [-0.1, -0.05) is 18.2 Å². The second-order valence-corrected chi connectivity index (χ2v) is 8.23. The highest BCUT2D eigenvalue weighted by molar-refractivity contribution is 7.89. The Hall–Kier alpha value is -2.11. The van der Waals surface area contributed by atoms with Crippen LogP contribution in [0.5, 0.6) is 0 Å². The van der Waals surface area contributed by atoms with Gasteiger partial charge in [0.05, 0.1) is 16.0 Å². The average Bonchev–Trinajstić information content (AvgIpc) is 2.66. The molecule has 0 saturated carbocycles. The number of aliphatic hydroxyl groups is 1. The maximum atomic E-state index is 13.3. The summed E-state index contributed by atoms with van der Waals surface area (Å²) in [5.41, 5.74) is -3.45. The summed E-state index contributed by atoms with van der Waals surface area (Å²) < 4.78 is 105. The Morgan fingerprint density at radius 2 is 1.47 bits per heavy atom. The lowest BCUT2D eigenvalue weighted by atomic mass is 9.97. The topological polar surface area (TPSA) is 66.4 Å². The Morgan fingerprint density at radius 1 is 0.833 bits per heavy atom. The zero-order chi connectivity index (χ0) is 22.6. The van der Waals surface area contributed by atoms with Crippen molar-refractivity contribution in [2.45, 2.75) is 36.5 Å². The highest BCUT2D eigenvalue weighted by atomic mass is 32.2. The van der Waals surface area contributed by atoms with Crippen molar-refractivity contribution in [3.63, 3.8) is 0 Å². The zero-order valence-corrected chi connectivity index (χ0v) is 16.3. The molecule has 0 unspecified atom stereocenters. The monoisotopic (exact) mass is 455 g/mol. The Bertz CT molecular complexity index is 954. The highest BCUT2D eigenvalue weighted by Gasteiger charge is 2.38. The molecule has 0 amide bonds. The van der Waals surface area contributed by atoms with Crippen molar-refractivity contribution in [3.05, 3.63) is 53.6 Å². The molecule has 2 rings (SSSR count). The molecule has 0 aliphatic rings. The molecule has 4 nitrogen and oxygen atoms in total. The fraction of sp³-hybridized carbons (Fsp3) is 0.368. The zero-order valence-electron chi connectivity index (χ0n) is 15.5. The standard InChI is InChI=1S/C19H19F6NO3S/c20-18(21,22)14-6-9-16(17(12-14)19(23,24)25)13-4-7-15(8-5-13)30(28,29)26-10-2-1-3-11-27/h4-9,12,26-27H,1-3,10-11H2. The summed E-state index contributed by atoms with van der Waals surface area (Å²) in [6, 6.07) is 5.69. The molecule has 0 aliphatic carbocycles. The van der Waals surface area contributed by atoms with Gasteiger partial charge < -0.3 is 5.11 Å². The van der Waals surface area contributed by atoms with Gasteiger partial charge in [0, 0.05) is 13.2 Å². The van der Waals surface area contributed by atoms with Crippen molar-refractivity contribution in [1.82, 2.24) is 4.72 Å². The molecule has 166 valence electrons. The van der Waals surface area contributed by atoms with Crippen LogP contribution in [0.25, 0.3) is 11.1 Å². The van der Waals surface area contributed by atoms with Gasteiger partial charge in [-0.3, -0.25) is 0 Å². The third-order valence-corrected chi connectivity index (χ3v) is 5.73. The van der Waals surface area contributed by atoms with Crippen LogP contribution >= 0.6 is 0 Å². The molecule has 0 aromatic heterocycles. The van der Waals surface area contributed by atoms with E-state index in [2.05, 4.69) is 4.72 Å². The number of hydrogen-bond donors (Lipinski definition) is 2. The second-order valence-electron chi connectivity index (χ2n) is 6.46. The van der Waals surface area contributed by atoms with Crippen LogP contribution in [0.4, 0.5) is 26.3 Å². The van der Waals surface area contributed by atoms with Crippen LogP contribution in [0.15, 0.2) is 47.4 Å². The Kier molecular flexibility index (Phi) is 7.54. The van der Waals surface area contributed by atoms with Crippen LogP contribution in [0.2, 0.25) is 0 Å². The number of nitrogens with one attached hydrogen (secondary N) is 1. The molecule has 0 aliphatic heterocycles. The lowest BCUT2D eigenvalue weighted by Gasteiger charge is -2.16. The lowest BCUT2D eigenvalue weighted by Crippen LogP contribution is -2.24. The summed E-state index contributed by atoms with van der Waals surface area (Å²) in [4.78, 5) is -0.186. The maximum absolute atomic E-state index is 13.3. The molecular weight excluding hydrogens is 436 g/mol. The Balaban J connectivity index is 2.30. The van der Waals surface area contributed by atoms with E-state index in [1.807, 2.05) is 0 Å². The Morgan fingerprint density at radius 3 is 2.00 bits per heavy atom. The number of unbranched alkanes of at least 4 members (excludes halogenated alkanes) is 2. The molecular formula is C19H19F6NO3S. The van der Waals surface area contributed by atoms with E-state index in [0.29, 0.717) is 31.4 Å². The molecule has 0 radical (unpaired) electrons. The van der Waals surface area contributed by atoms with E-state index in [0.717, 1.165) is 24.3 Å². The molecule has 0 fully saturated rings.